The van der Waals surface area contributed by atoms with Crippen molar-refractivity contribution in [2.45, 2.75) is 6.92 Å². The molecule has 0 N–H and O–H groups in total. The van der Waals surface area contributed by atoms with Crippen molar-refractivity contribution < 1.29 is 4.42 Å². The Balaban J connectivity index is 2.00. The Hall–Kier alpha value is -2.61. The molecule has 20 heavy (non-hydrogen) atoms. The van der Waals surface area contributed by atoms with Crippen molar-refractivity contribution in [3.05, 3.63) is 84.3 Å². The molecule has 3 aromatic rings. The molecule has 2 aromatic carbocycles. The summed E-state index contributed by atoms with van der Waals surface area (Å²) in [6.45, 7) is 6.06. The summed E-state index contributed by atoms with van der Waals surface area (Å²) in [6.07, 6.45) is 0. The van der Waals surface area contributed by atoms with E-state index in [2.05, 4.69) is 11.6 Å². The first kappa shape index (κ1) is 12.4. The van der Waals surface area contributed by atoms with E-state index in [1.165, 1.54) is 0 Å². The Labute approximate surface area is 118 Å². The highest BCUT2D eigenvalue weighted by atomic mass is 16.4. The fourth-order valence-corrected chi connectivity index (χ4v) is 2.16. The Kier molecular flexibility index (Phi) is 3.21. The molecule has 0 saturated carbocycles. The Morgan fingerprint density at radius 1 is 0.950 bits per heavy atom. The van der Waals surface area contributed by atoms with Crippen molar-refractivity contribution in [1.29, 1.82) is 0 Å². The van der Waals surface area contributed by atoms with E-state index in [1.807, 2.05) is 67.6 Å². The Bertz CT molecular complexity index is 727. The minimum atomic E-state index is 0.634. The molecule has 1 aromatic heterocycles. The molecule has 0 bridgehead atoms. The smallest absolute Gasteiger partial charge is 0.226 e. The fraction of sp³-hybridized carbons (Fsp3) is 0.0556. The summed E-state index contributed by atoms with van der Waals surface area (Å²) in [5, 5.41) is 0. The summed E-state index contributed by atoms with van der Waals surface area (Å²) in [5.41, 5.74) is 3.73. The molecule has 0 aliphatic heterocycles. The predicted molar refractivity (Wildman–Crippen MR) is 81.3 cm³/mol. The van der Waals surface area contributed by atoms with Gasteiger partial charge >= 0.3 is 0 Å². The fourth-order valence-electron chi connectivity index (χ4n) is 2.16. The van der Waals surface area contributed by atoms with Gasteiger partial charge in [0.1, 0.15) is 11.5 Å². The van der Waals surface area contributed by atoms with Crippen LogP contribution in [-0.4, -0.2) is 4.98 Å². The molecule has 0 aliphatic rings. The van der Waals surface area contributed by atoms with E-state index in [9.17, 15) is 0 Å². The summed E-state index contributed by atoms with van der Waals surface area (Å²) < 4.78 is 5.77. The third-order valence-electron chi connectivity index (χ3n) is 3.23. The summed E-state index contributed by atoms with van der Waals surface area (Å²) >= 11 is 0. The minimum absolute atomic E-state index is 0.634. The van der Waals surface area contributed by atoms with E-state index in [1.54, 1.807) is 0 Å². The first-order chi connectivity index (χ1) is 9.75. The Morgan fingerprint density at radius 3 is 2.20 bits per heavy atom. The number of nitrogens with zero attached hydrogens (tertiary/aromatic N) is 1. The van der Waals surface area contributed by atoms with Crippen LogP contribution in [0.4, 0.5) is 0 Å². The van der Waals surface area contributed by atoms with Crippen LogP contribution in [0.3, 0.4) is 0 Å². The summed E-state index contributed by atoms with van der Waals surface area (Å²) in [7, 11) is 0. The molecule has 0 amide bonds. The van der Waals surface area contributed by atoms with Crippen LogP contribution in [0, 0.1) is 6.92 Å². The molecule has 0 saturated heterocycles. The van der Waals surface area contributed by atoms with Crippen molar-refractivity contribution >= 4 is 5.57 Å². The highest BCUT2D eigenvalue weighted by molar-refractivity contribution is 5.77. The molecule has 2 heteroatoms. The zero-order chi connectivity index (χ0) is 13.9. The molecule has 0 spiro atoms. The normalized spacial score (nSPS) is 10.4. The van der Waals surface area contributed by atoms with Gasteiger partial charge in [0.05, 0.1) is 0 Å². The molecule has 1 heterocycles. The Morgan fingerprint density at radius 2 is 1.55 bits per heavy atom. The van der Waals surface area contributed by atoms with Crippen LogP contribution in [-0.2, 0) is 0 Å². The van der Waals surface area contributed by atoms with E-state index in [0.717, 1.165) is 28.2 Å². The highest BCUT2D eigenvalue weighted by Gasteiger charge is 2.14. The van der Waals surface area contributed by atoms with Crippen LogP contribution >= 0.6 is 0 Å². The second-order valence-corrected chi connectivity index (χ2v) is 4.63. The molecular weight excluding hydrogens is 246 g/mol. The lowest BCUT2D eigenvalue weighted by Gasteiger charge is -2.02. The van der Waals surface area contributed by atoms with Gasteiger partial charge in [-0.15, -0.1) is 0 Å². The maximum Gasteiger partial charge on any atom is 0.226 e. The molecule has 0 unspecified atom stereocenters. The number of aromatic nitrogens is 1. The molecule has 0 aliphatic carbocycles. The van der Waals surface area contributed by atoms with Gasteiger partial charge in [0.15, 0.2) is 0 Å². The van der Waals surface area contributed by atoms with Gasteiger partial charge in [-0.3, -0.25) is 0 Å². The van der Waals surface area contributed by atoms with Gasteiger partial charge in [0.2, 0.25) is 5.89 Å². The van der Waals surface area contributed by atoms with Crippen LogP contribution in [0.1, 0.15) is 17.0 Å². The van der Waals surface area contributed by atoms with E-state index in [-0.39, 0.29) is 0 Å². The van der Waals surface area contributed by atoms with Gasteiger partial charge in [-0.1, -0.05) is 55.1 Å². The number of hydrogen-bond donors (Lipinski definition) is 0. The average molecular weight is 261 g/mol. The van der Waals surface area contributed by atoms with Gasteiger partial charge in [-0.2, -0.15) is 0 Å². The van der Waals surface area contributed by atoms with Gasteiger partial charge < -0.3 is 4.42 Å². The largest absolute Gasteiger partial charge is 0.441 e. The van der Waals surface area contributed by atoms with Crippen molar-refractivity contribution in [1.82, 2.24) is 4.98 Å². The van der Waals surface area contributed by atoms with Crippen LogP contribution in [0.15, 0.2) is 71.7 Å². The number of benzene rings is 2. The van der Waals surface area contributed by atoms with Gasteiger partial charge in [0.25, 0.3) is 0 Å². The van der Waals surface area contributed by atoms with E-state index in [4.69, 9.17) is 4.42 Å². The molecule has 0 radical (unpaired) electrons. The number of oxazole rings is 1. The lowest BCUT2D eigenvalue weighted by atomic mass is 10.0. The minimum Gasteiger partial charge on any atom is -0.441 e. The van der Waals surface area contributed by atoms with Crippen LogP contribution in [0.25, 0.3) is 17.0 Å². The molecule has 0 fully saturated rings. The second-order valence-electron chi connectivity index (χ2n) is 4.63. The van der Waals surface area contributed by atoms with Crippen LogP contribution in [0.5, 0.6) is 0 Å². The predicted octanol–water partition coefficient (Wildman–Crippen LogP) is 4.71. The summed E-state index contributed by atoms with van der Waals surface area (Å²) in [5.74, 6) is 1.42. The highest BCUT2D eigenvalue weighted by Crippen LogP contribution is 2.28. The summed E-state index contributed by atoms with van der Waals surface area (Å²) in [6, 6.07) is 19.9. The molecular formula is C18H15NO. The standard InChI is InChI=1S/C18H15NO/c1-13(15-9-5-3-6-10-15)17-14(2)20-18(19-17)16-11-7-4-8-12-16/h3-12H,1H2,2H3. The molecule has 3 rings (SSSR count). The second kappa shape index (κ2) is 5.17. The maximum atomic E-state index is 5.77. The van der Waals surface area contributed by atoms with Gasteiger partial charge in [-0.25, -0.2) is 4.98 Å². The molecule has 2 nitrogen and oxygen atoms in total. The number of hydrogen-bond acceptors (Lipinski definition) is 2. The molecule has 98 valence electrons. The lowest BCUT2D eigenvalue weighted by molar-refractivity contribution is 0.542. The number of rotatable bonds is 3. The maximum absolute atomic E-state index is 5.77. The van der Waals surface area contributed by atoms with Crippen molar-refractivity contribution in [2.75, 3.05) is 0 Å². The first-order valence-corrected chi connectivity index (χ1v) is 6.53. The zero-order valence-corrected chi connectivity index (χ0v) is 11.3. The average Bonchev–Trinajstić information content (AvgIpc) is 2.90. The van der Waals surface area contributed by atoms with Gasteiger partial charge in [0, 0.05) is 11.1 Å². The van der Waals surface area contributed by atoms with E-state index in [0.29, 0.717) is 5.89 Å². The van der Waals surface area contributed by atoms with Crippen molar-refractivity contribution in [2.24, 2.45) is 0 Å². The third-order valence-corrected chi connectivity index (χ3v) is 3.23. The lowest BCUT2D eigenvalue weighted by Crippen LogP contribution is -1.88. The number of aryl methyl sites for hydroxylation is 1. The van der Waals surface area contributed by atoms with Crippen molar-refractivity contribution in [3.63, 3.8) is 0 Å². The van der Waals surface area contributed by atoms with Gasteiger partial charge in [-0.05, 0) is 24.6 Å². The van der Waals surface area contributed by atoms with E-state index < -0.39 is 0 Å². The van der Waals surface area contributed by atoms with Crippen LogP contribution in [0.2, 0.25) is 0 Å². The zero-order valence-electron chi connectivity index (χ0n) is 11.3. The van der Waals surface area contributed by atoms with Crippen molar-refractivity contribution in [3.8, 4) is 11.5 Å². The molecule has 0 atom stereocenters. The first-order valence-electron chi connectivity index (χ1n) is 6.53. The third kappa shape index (κ3) is 2.28. The summed E-state index contributed by atoms with van der Waals surface area (Å²) in [4.78, 5) is 4.59. The monoisotopic (exact) mass is 261 g/mol. The van der Waals surface area contributed by atoms with E-state index >= 15 is 0 Å². The SMILES string of the molecule is C=C(c1ccccc1)c1nc(-c2ccccc2)oc1C. The quantitative estimate of drug-likeness (QED) is 0.682. The topological polar surface area (TPSA) is 26.0 Å². The van der Waals surface area contributed by atoms with Crippen LogP contribution < -0.4 is 0 Å².